The fourth-order valence-electron chi connectivity index (χ4n) is 5.01. The highest BCUT2D eigenvalue weighted by molar-refractivity contribution is 5.75. The number of rotatable bonds is 4. The Morgan fingerprint density at radius 1 is 1.16 bits per heavy atom. The predicted octanol–water partition coefficient (Wildman–Crippen LogP) is 4.77. The fourth-order valence-corrected chi connectivity index (χ4v) is 5.01. The first-order valence-electron chi connectivity index (χ1n) is 10.9. The molecular weight excluding hydrogens is 386 g/mol. The lowest BCUT2D eigenvalue weighted by Crippen LogP contribution is -2.47. The smallest absolute Gasteiger partial charge is 0.126 e. The van der Waals surface area contributed by atoms with E-state index in [-0.39, 0.29) is 11.6 Å². The van der Waals surface area contributed by atoms with E-state index in [1.807, 2.05) is 19.9 Å². The summed E-state index contributed by atoms with van der Waals surface area (Å²) in [4.78, 5) is 4.55. The summed E-state index contributed by atoms with van der Waals surface area (Å²) >= 11 is 0. The molecule has 5 rings (SSSR count). The van der Waals surface area contributed by atoms with E-state index in [4.69, 9.17) is 9.47 Å². The summed E-state index contributed by atoms with van der Waals surface area (Å²) in [5.41, 5.74) is 5.29. The van der Waals surface area contributed by atoms with Crippen molar-refractivity contribution in [3.05, 3.63) is 83.4 Å². The van der Waals surface area contributed by atoms with Crippen molar-refractivity contribution < 1.29 is 9.47 Å². The number of methoxy groups -OCH3 is 1. The summed E-state index contributed by atoms with van der Waals surface area (Å²) in [5, 5.41) is 3.70. The highest BCUT2D eigenvalue weighted by atomic mass is 16.5. The van der Waals surface area contributed by atoms with Gasteiger partial charge in [0.05, 0.1) is 25.5 Å². The van der Waals surface area contributed by atoms with Gasteiger partial charge in [0, 0.05) is 17.4 Å². The molecule has 3 aromatic rings. The van der Waals surface area contributed by atoms with Crippen molar-refractivity contribution >= 4 is 5.57 Å². The van der Waals surface area contributed by atoms with Crippen molar-refractivity contribution in [2.75, 3.05) is 20.3 Å². The van der Waals surface area contributed by atoms with E-state index in [1.165, 1.54) is 11.1 Å². The zero-order valence-electron chi connectivity index (χ0n) is 18.4. The molecule has 1 spiro atoms. The van der Waals surface area contributed by atoms with E-state index in [9.17, 15) is 0 Å². The van der Waals surface area contributed by atoms with E-state index in [1.54, 1.807) is 7.11 Å². The highest BCUT2D eigenvalue weighted by Crippen LogP contribution is 2.45. The van der Waals surface area contributed by atoms with Gasteiger partial charge in [0.2, 0.25) is 0 Å². The monoisotopic (exact) mass is 415 g/mol. The van der Waals surface area contributed by atoms with Crippen LogP contribution < -0.4 is 10.1 Å². The first kappa shape index (κ1) is 20.0. The summed E-state index contributed by atoms with van der Waals surface area (Å²) < 4.78 is 14.4. The van der Waals surface area contributed by atoms with Crippen LogP contribution in [0.2, 0.25) is 0 Å². The Morgan fingerprint density at radius 3 is 2.74 bits per heavy atom. The molecule has 1 saturated heterocycles. The molecule has 0 radical (unpaired) electrons. The van der Waals surface area contributed by atoms with Gasteiger partial charge in [-0.1, -0.05) is 30.3 Å². The van der Waals surface area contributed by atoms with Gasteiger partial charge in [0.25, 0.3) is 0 Å². The zero-order valence-corrected chi connectivity index (χ0v) is 18.4. The molecule has 0 unspecified atom stereocenters. The molecule has 0 saturated carbocycles. The Bertz CT molecular complexity index is 1120. The van der Waals surface area contributed by atoms with Crippen LogP contribution in [0.15, 0.2) is 60.8 Å². The number of piperidine rings is 1. The second-order valence-electron chi connectivity index (χ2n) is 8.50. The normalized spacial score (nSPS) is 23.2. The molecule has 0 aliphatic carbocycles. The van der Waals surface area contributed by atoms with Crippen molar-refractivity contribution in [3.8, 4) is 11.4 Å². The average molecular weight is 416 g/mol. The van der Waals surface area contributed by atoms with Crippen molar-refractivity contribution in [2.45, 2.75) is 38.3 Å². The molecule has 2 aliphatic heterocycles. The third kappa shape index (κ3) is 3.58. The van der Waals surface area contributed by atoms with Gasteiger partial charge in [-0.05, 0) is 68.6 Å². The van der Waals surface area contributed by atoms with Gasteiger partial charge in [-0.2, -0.15) is 0 Å². The van der Waals surface area contributed by atoms with E-state index in [0.29, 0.717) is 6.61 Å². The van der Waals surface area contributed by atoms with Crippen LogP contribution in [0.5, 0.6) is 5.75 Å². The second kappa shape index (κ2) is 7.98. The molecule has 2 aliphatic rings. The predicted molar refractivity (Wildman–Crippen MR) is 123 cm³/mol. The second-order valence-corrected chi connectivity index (χ2v) is 8.50. The Hall–Kier alpha value is -2.89. The number of benzene rings is 2. The number of hydrogen-bond donors (Lipinski definition) is 1. The first-order chi connectivity index (χ1) is 15.1. The summed E-state index contributed by atoms with van der Waals surface area (Å²) in [6, 6.07) is 17.1. The summed E-state index contributed by atoms with van der Waals surface area (Å²) in [7, 11) is 1.73. The van der Waals surface area contributed by atoms with Crippen LogP contribution in [0.25, 0.3) is 11.3 Å². The minimum atomic E-state index is -0.336. The average Bonchev–Trinajstić information content (AvgIpc) is 3.37. The lowest BCUT2D eigenvalue weighted by Gasteiger charge is -2.40. The summed E-state index contributed by atoms with van der Waals surface area (Å²) in [6.45, 7) is 5.63. The van der Waals surface area contributed by atoms with E-state index >= 15 is 0 Å². The highest BCUT2D eigenvalue weighted by Gasteiger charge is 2.44. The Balaban J connectivity index is 1.56. The number of nitrogens with one attached hydrogen (secondary N) is 1. The van der Waals surface area contributed by atoms with Gasteiger partial charge in [-0.15, -0.1) is 0 Å². The Labute approximate surface area is 183 Å². The van der Waals surface area contributed by atoms with Crippen LogP contribution in [-0.4, -0.2) is 35.4 Å². The third-order valence-corrected chi connectivity index (χ3v) is 6.44. The van der Waals surface area contributed by atoms with Gasteiger partial charge >= 0.3 is 0 Å². The number of nitrogens with zero attached hydrogens (tertiary/aromatic N) is 2. The summed E-state index contributed by atoms with van der Waals surface area (Å²) in [5.74, 6) is 1.84. The van der Waals surface area contributed by atoms with Crippen molar-refractivity contribution in [1.82, 2.24) is 14.9 Å². The molecule has 5 nitrogen and oxygen atoms in total. The first-order valence-corrected chi connectivity index (χ1v) is 10.9. The molecule has 1 aromatic heterocycles. The number of ether oxygens (including phenoxy) is 2. The number of aryl methyl sites for hydroxylation is 2. The lowest BCUT2D eigenvalue weighted by atomic mass is 9.81. The van der Waals surface area contributed by atoms with Crippen LogP contribution in [0, 0.1) is 13.8 Å². The van der Waals surface area contributed by atoms with Gasteiger partial charge < -0.3 is 19.4 Å². The minimum absolute atomic E-state index is 0.146. The zero-order chi connectivity index (χ0) is 21.4. The number of imidazole rings is 1. The quantitative estimate of drug-likeness (QED) is 0.667. The van der Waals surface area contributed by atoms with Crippen LogP contribution in [-0.2, 0) is 4.74 Å². The van der Waals surface area contributed by atoms with Crippen LogP contribution in [0.4, 0.5) is 0 Å². The number of aromatic nitrogens is 2. The molecule has 1 N–H and O–H groups in total. The molecule has 3 heterocycles. The van der Waals surface area contributed by atoms with E-state index in [2.05, 4.69) is 69.6 Å². The van der Waals surface area contributed by atoms with Crippen LogP contribution in [0.1, 0.15) is 41.5 Å². The van der Waals surface area contributed by atoms with Gasteiger partial charge in [-0.25, -0.2) is 4.98 Å². The molecule has 5 heteroatoms. The van der Waals surface area contributed by atoms with Gasteiger partial charge in [0.15, 0.2) is 0 Å². The molecule has 160 valence electrons. The molecule has 1 fully saturated rings. The number of hydrogen-bond acceptors (Lipinski definition) is 4. The molecule has 0 bridgehead atoms. The Morgan fingerprint density at radius 2 is 2.00 bits per heavy atom. The molecule has 31 heavy (non-hydrogen) atoms. The maximum Gasteiger partial charge on any atom is 0.126 e. The minimum Gasteiger partial charge on any atom is -0.496 e. The lowest BCUT2D eigenvalue weighted by molar-refractivity contribution is -0.0255. The maximum absolute atomic E-state index is 6.56. The SMILES string of the molecule is COc1ccc(-n2cc(C)nc2C)cc1C1=C[C@@]2(CCCN[C@H]2c2ccccc2)OC1. The van der Waals surface area contributed by atoms with Gasteiger partial charge in [-0.3, -0.25) is 0 Å². The van der Waals surface area contributed by atoms with Crippen molar-refractivity contribution in [3.63, 3.8) is 0 Å². The topological polar surface area (TPSA) is 48.3 Å². The largest absolute Gasteiger partial charge is 0.496 e. The van der Waals surface area contributed by atoms with Crippen LogP contribution >= 0.6 is 0 Å². The molecule has 2 atom stereocenters. The molecule has 0 amide bonds. The third-order valence-electron chi connectivity index (χ3n) is 6.44. The van der Waals surface area contributed by atoms with E-state index in [0.717, 1.165) is 47.9 Å². The van der Waals surface area contributed by atoms with Crippen LogP contribution in [0.3, 0.4) is 0 Å². The standard InChI is InChI=1S/C26H29N3O2/c1-18-16-29(19(2)28-18)22-10-11-24(30-3)23(14-22)21-15-26(31-17-21)12-7-13-27-25(26)20-8-5-4-6-9-20/h4-6,8-11,14-16,25,27H,7,12-13,17H2,1-3H3/t25-,26+/m0/s1. The fraction of sp³-hybridized carbons (Fsp3) is 0.346. The van der Waals surface area contributed by atoms with E-state index < -0.39 is 0 Å². The van der Waals surface area contributed by atoms with Gasteiger partial charge in [0.1, 0.15) is 17.2 Å². The van der Waals surface area contributed by atoms with Crippen molar-refractivity contribution in [1.29, 1.82) is 0 Å². The van der Waals surface area contributed by atoms with Crippen molar-refractivity contribution in [2.24, 2.45) is 0 Å². The maximum atomic E-state index is 6.56. The molecular formula is C26H29N3O2. The molecule has 2 aromatic carbocycles. The Kier molecular flexibility index (Phi) is 5.16. The summed E-state index contributed by atoms with van der Waals surface area (Å²) in [6.07, 6.45) is 6.51.